The Morgan fingerprint density at radius 1 is 1.25 bits per heavy atom. The third kappa shape index (κ3) is 3.32. The maximum Gasteiger partial charge on any atom is 0.354 e. The quantitative estimate of drug-likeness (QED) is 0.891. The van der Waals surface area contributed by atoms with E-state index in [-0.39, 0.29) is 11.6 Å². The van der Waals surface area contributed by atoms with Crippen molar-refractivity contribution in [3.05, 3.63) is 47.4 Å². The van der Waals surface area contributed by atoms with E-state index in [9.17, 15) is 4.79 Å². The topological polar surface area (TPSA) is 75.1 Å². The van der Waals surface area contributed by atoms with Gasteiger partial charge in [-0.2, -0.15) is 0 Å². The molecule has 0 bridgehead atoms. The summed E-state index contributed by atoms with van der Waals surface area (Å²) in [7, 11) is 0. The maximum absolute atomic E-state index is 11.1. The number of aromatic nitrogens is 2. The fraction of sp³-hybridized carbons (Fsp3) is 0.267. The molecular weight excluding hydrogens is 254 g/mol. The van der Waals surface area contributed by atoms with Crippen LogP contribution in [0.3, 0.4) is 0 Å². The summed E-state index contributed by atoms with van der Waals surface area (Å²) in [6.07, 6.45) is 0. The van der Waals surface area contributed by atoms with Gasteiger partial charge in [0.15, 0.2) is 5.69 Å². The highest BCUT2D eigenvalue weighted by Crippen LogP contribution is 2.19. The molecule has 1 aromatic carbocycles. The molecule has 2 rings (SSSR count). The molecule has 0 amide bonds. The molecule has 0 atom stereocenters. The van der Waals surface area contributed by atoms with Crippen LogP contribution in [0.25, 0.3) is 0 Å². The molecule has 2 N–H and O–H groups in total. The number of carboxylic acid groups (broad SMARTS) is 1. The third-order valence-corrected chi connectivity index (χ3v) is 2.77. The van der Waals surface area contributed by atoms with Crippen LogP contribution in [-0.4, -0.2) is 21.0 Å². The molecule has 0 aliphatic heterocycles. The third-order valence-electron chi connectivity index (χ3n) is 2.77. The number of hydrogen-bond acceptors (Lipinski definition) is 4. The van der Waals surface area contributed by atoms with Crippen molar-refractivity contribution >= 4 is 17.5 Å². The number of nitrogens with one attached hydrogen (secondary N) is 1. The van der Waals surface area contributed by atoms with Crippen molar-refractivity contribution in [1.82, 2.24) is 9.97 Å². The number of benzene rings is 1. The van der Waals surface area contributed by atoms with Crippen molar-refractivity contribution in [3.8, 4) is 0 Å². The van der Waals surface area contributed by atoms with E-state index in [4.69, 9.17) is 5.11 Å². The lowest BCUT2D eigenvalue weighted by Gasteiger charge is -2.10. The van der Waals surface area contributed by atoms with E-state index in [1.807, 2.05) is 45.0 Å². The molecule has 5 heteroatoms. The summed E-state index contributed by atoms with van der Waals surface area (Å²) in [5.74, 6) is 0.0145. The first-order chi connectivity index (χ1) is 9.45. The van der Waals surface area contributed by atoms with Gasteiger partial charge in [0.1, 0.15) is 11.6 Å². The molecule has 0 aliphatic rings. The van der Waals surface area contributed by atoms with Gasteiger partial charge < -0.3 is 10.4 Å². The number of hydrogen-bond donors (Lipinski definition) is 2. The number of aromatic carboxylic acids is 1. The van der Waals surface area contributed by atoms with Crippen LogP contribution in [-0.2, 0) is 0 Å². The van der Waals surface area contributed by atoms with Crippen LogP contribution in [0.2, 0.25) is 0 Å². The molecule has 0 saturated heterocycles. The smallest absolute Gasteiger partial charge is 0.354 e. The molecule has 5 nitrogen and oxygen atoms in total. The van der Waals surface area contributed by atoms with E-state index in [1.54, 1.807) is 0 Å². The number of carbonyl (C=O) groups is 1. The van der Waals surface area contributed by atoms with Crippen LogP contribution < -0.4 is 5.32 Å². The highest BCUT2D eigenvalue weighted by atomic mass is 16.4. The molecular formula is C15H17N3O2. The molecule has 0 fully saturated rings. The molecule has 0 saturated carbocycles. The SMILES string of the molecule is Cc1cccc(Nc2cc(C(=O)O)nc(C(C)C)n2)c1. The Morgan fingerprint density at radius 2 is 2.00 bits per heavy atom. The van der Waals surface area contributed by atoms with Crippen LogP contribution in [0, 0.1) is 6.92 Å². The van der Waals surface area contributed by atoms with Gasteiger partial charge in [0, 0.05) is 17.7 Å². The largest absolute Gasteiger partial charge is 0.477 e. The van der Waals surface area contributed by atoms with Gasteiger partial charge in [-0.25, -0.2) is 14.8 Å². The average molecular weight is 271 g/mol. The zero-order valence-corrected chi connectivity index (χ0v) is 11.7. The Labute approximate surface area is 117 Å². The standard InChI is InChI=1S/C15H17N3O2/c1-9(2)14-17-12(15(19)20)8-13(18-14)16-11-6-4-5-10(3)7-11/h4-9H,1-3H3,(H,19,20)(H,16,17,18). The molecule has 0 unspecified atom stereocenters. The molecule has 20 heavy (non-hydrogen) atoms. The first-order valence-electron chi connectivity index (χ1n) is 6.41. The number of rotatable bonds is 4. The summed E-state index contributed by atoms with van der Waals surface area (Å²) in [5.41, 5.74) is 1.99. The number of nitrogens with zero attached hydrogens (tertiary/aromatic N) is 2. The monoisotopic (exact) mass is 271 g/mol. The highest BCUT2D eigenvalue weighted by Gasteiger charge is 2.12. The predicted molar refractivity (Wildman–Crippen MR) is 77.5 cm³/mol. The van der Waals surface area contributed by atoms with E-state index in [2.05, 4.69) is 15.3 Å². The van der Waals surface area contributed by atoms with Gasteiger partial charge >= 0.3 is 5.97 Å². The molecule has 2 aromatic rings. The summed E-state index contributed by atoms with van der Waals surface area (Å²) >= 11 is 0. The summed E-state index contributed by atoms with van der Waals surface area (Å²) < 4.78 is 0. The zero-order chi connectivity index (χ0) is 14.7. The van der Waals surface area contributed by atoms with E-state index in [0.717, 1.165) is 11.3 Å². The minimum Gasteiger partial charge on any atom is -0.477 e. The van der Waals surface area contributed by atoms with Gasteiger partial charge in [0.2, 0.25) is 0 Å². The minimum absolute atomic E-state index is 0.00106. The Kier molecular flexibility index (Phi) is 3.98. The minimum atomic E-state index is -1.05. The Bertz CT molecular complexity index is 639. The lowest BCUT2D eigenvalue weighted by atomic mass is 10.2. The number of aryl methyl sites for hydroxylation is 1. The summed E-state index contributed by atoms with van der Waals surface area (Å²) in [6, 6.07) is 9.24. The van der Waals surface area contributed by atoms with Crippen molar-refractivity contribution in [3.63, 3.8) is 0 Å². The maximum atomic E-state index is 11.1. The normalized spacial score (nSPS) is 10.6. The Morgan fingerprint density at radius 3 is 2.60 bits per heavy atom. The lowest BCUT2D eigenvalue weighted by molar-refractivity contribution is 0.0690. The van der Waals surface area contributed by atoms with Crippen molar-refractivity contribution in [2.45, 2.75) is 26.7 Å². The van der Waals surface area contributed by atoms with Crippen LogP contribution in [0.5, 0.6) is 0 Å². The fourth-order valence-corrected chi connectivity index (χ4v) is 1.77. The molecule has 104 valence electrons. The second-order valence-corrected chi connectivity index (χ2v) is 4.95. The van der Waals surface area contributed by atoms with Crippen molar-refractivity contribution in [2.24, 2.45) is 0 Å². The summed E-state index contributed by atoms with van der Waals surface area (Å²) in [5, 5.41) is 12.2. The van der Waals surface area contributed by atoms with Gasteiger partial charge in [-0.3, -0.25) is 0 Å². The Balaban J connectivity index is 2.38. The zero-order valence-electron chi connectivity index (χ0n) is 11.7. The van der Waals surface area contributed by atoms with Gasteiger partial charge in [-0.15, -0.1) is 0 Å². The van der Waals surface area contributed by atoms with Gasteiger partial charge in [0.25, 0.3) is 0 Å². The van der Waals surface area contributed by atoms with Crippen molar-refractivity contribution in [2.75, 3.05) is 5.32 Å². The van der Waals surface area contributed by atoms with Gasteiger partial charge in [-0.05, 0) is 24.6 Å². The fourth-order valence-electron chi connectivity index (χ4n) is 1.77. The van der Waals surface area contributed by atoms with Crippen LogP contribution in [0.4, 0.5) is 11.5 Å². The van der Waals surface area contributed by atoms with Crippen molar-refractivity contribution in [1.29, 1.82) is 0 Å². The molecule has 1 heterocycles. The second kappa shape index (κ2) is 5.69. The Hall–Kier alpha value is -2.43. The van der Waals surface area contributed by atoms with Gasteiger partial charge in [-0.1, -0.05) is 26.0 Å². The van der Waals surface area contributed by atoms with Crippen LogP contribution in [0.15, 0.2) is 30.3 Å². The van der Waals surface area contributed by atoms with Crippen molar-refractivity contribution < 1.29 is 9.90 Å². The second-order valence-electron chi connectivity index (χ2n) is 4.95. The van der Waals surface area contributed by atoms with Crippen LogP contribution >= 0.6 is 0 Å². The van der Waals surface area contributed by atoms with E-state index >= 15 is 0 Å². The average Bonchev–Trinajstić information content (AvgIpc) is 2.38. The predicted octanol–water partition coefficient (Wildman–Crippen LogP) is 3.35. The summed E-state index contributed by atoms with van der Waals surface area (Å²) in [4.78, 5) is 19.5. The first-order valence-corrected chi connectivity index (χ1v) is 6.41. The summed E-state index contributed by atoms with van der Waals surface area (Å²) in [6.45, 7) is 5.85. The van der Waals surface area contributed by atoms with E-state index in [0.29, 0.717) is 11.6 Å². The molecule has 1 aromatic heterocycles. The van der Waals surface area contributed by atoms with Crippen LogP contribution in [0.1, 0.15) is 41.6 Å². The highest BCUT2D eigenvalue weighted by molar-refractivity contribution is 5.86. The number of carboxylic acids is 1. The molecule has 0 radical (unpaired) electrons. The first kappa shape index (κ1) is 14.0. The molecule has 0 aliphatic carbocycles. The molecule has 0 spiro atoms. The van der Waals surface area contributed by atoms with Gasteiger partial charge in [0.05, 0.1) is 0 Å². The lowest BCUT2D eigenvalue weighted by Crippen LogP contribution is -2.09. The van der Waals surface area contributed by atoms with E-state index < -0.39 is 5.97 Å². The van der Waals surface area contributed by atoms with E-state index in [1.165, 1.54) is 6.07 Å². The number of anilines is 2.